The van der Waals surface area contributed by atoms with Crippen molar-refractivity contribution in [2.75, 3.05) is 13.2 Å². The van der Waals surface area contributed by atoms with Crippen molar-refractivity contribution in [2.24, 2.45) is 5.92 Å². The molecule has 0 aromatic carbocycles. The minimum Gasteiger partial charge on any atom is -0.465 e. The second-order valence-electron chi connectivity index (χ2n) is 3.95. The molecule has 1 saturated heterocycles. The Morgan fingerprint density at radius 1 is 1.54 bits per heavy atom. The second kappa shape index (κ2) is 4.09. The SMILES string of the molecule is CCOC(=O)CN1[C@H](C)[C@H]1C(C)C. The summed E-state index contributed by atoms with van der Waals surface area (Å²) in [7, 11) is 0. The van der Waals surface area contributed by atoms with Crippen LogP contribution in [0.2, 0.25) is 0 Å². The number of rotatable bonds is 4. The first kappa shape index (κ1) is 10.5. The fourth-order valence-corrected chi connectivity index (χ4v) is 1.98. The van der Waals surface area contributed by atoms with Crippen molar-refractivity contribution in [1.82, 2.24) is 4.90 Å². The van der Waals surface area contributed by atoms with Gasteiger partial charge in [0, 0.05) is 12.1 Å². The lowest BCUT2D eigenvalue weighted by Gasteiger charge is -2.05. The second-order valence-corrected chi connectivity index (χ2v) is 3.95. The van der Waals surface area contributed by atoms with Gasteiger partial charge in [-0.15, -0.1) is 0 Å². The fourth-order valence-electron chi connectivity index (χ4n) is 1.98. The fraction of sp³-hybridized carbons (Fsp3) is 0.900. The average Bonchev–Trinajstić information content (AvgIpc) is 2.61. The van der Waals surface area contributed by atoms with Crippen LogP contribution in [0.15, 0.2) is 0 Å². The van der Waals surface area contributed by atoms with Crippen molar-refractivity contribution in [3.05, 3.63) is 0 Å². The minimum absolute atomic E-state index is 0.0995. The molecule has 13 heavy (non-hydrogen) atoms. The number of esters is 1. The first-order valence-electron chi connectivity index (χ1n) is 4.99. The molecule has 1 aliphatic heterocycles. The maximum Gasteiger partial charge on any atom is 0.320 e. The zero-order valence-electron chi connectivity index (χ0n) is 8.91. The predicted octanol–water partition coefficient (Wildman–Crippen LogP) is 1.28. The third kappa shape index (κ3) is 2.44. The lowest BCUT2D eigenvalue weighted by atomic mass is 10.1. The standard InChI is InChI=1S/C10H19NO2/c1-5-13-9(12)6-11-8(4)10(11)7(2)3/h7-8,10H,5-6H2,1-4H3/t8-,10-,11?/m1/s1. The Hall–Kier alpha value is -0.570. The molecule has 0 aromatic heterocycles. The molecule has 1 rings (SSSR count). The first-order valence-corrected chi connectivity index (χ1v) is 4.99. The van der Waals surface area contributed by atoms with E-state index in [2.05, 4.69) is 25.7 Å². The molecule has 3 nitrogen and oxygen atoms in total. The lowest BCUT2D eigenvalue weighted by Crippen LogP contribution is -2.19. The van der Waals surface area contributed by atoms with E-state index in [1.165, 1.54) is 0 Å². The number of carbonyl (C=O) groups is 1. The van der Waals surface area contributed by atoms with Crippen LogP contribution in [-0.4, -0.2) is 36.1 Å². The van der Waals surface area contributed by atoms with Crippen LogP contribution in [0.25, 0.3) is 0 Å². The van der Waals surface area contributed by atoms with E-state index in [0.717, 1.165) is 0 Å². The Morgan fingerprint density at radius 2 is 2.15 bits per heavy atom. The van der Waals surface area contributed by atoms with E-state index < -0.39 is 0 Å². The molecule has 1 heterocycles. The highest BCUT2D eigenvalue weighted by Gasteiger charge is 2.46. The summed E-state index contributed by atoms with van der Waals surface area (Å²) >= 11 is 0. The topological polar surface area (TPSA) is 29.3 Å². The Kier molecular flexibility index (Phi) is 3.31. The van der Waals surface area contributed by atoms with Crippen molar-refractivity contribution in [3.8, 4) is 0 Å². The zero-order valence-corrected chi connectivity index (χ0v) is 8.91. The summed E-state index contributed by atoms with van der Waals surface area (Å²) < 4.78 is 4.89. The average molecular weight is 185 g/mol. The van der Waals surface area contributed by atoms with Gasteiger partial charge in [0.1, 0.15) is 0 Å². The third-order valence-electron chi connectivity index (χ3n) is 2.61. The highest BCUT2D eigenvalue weighted by atomic mass is 16.5. The summed E-state index contributed by atoms with van der Waals surface area (Å²) in [6.07, 6.45) is 0. The molecule has 3 heteroatoms. The van der Waals surface area contributed by atoms with Gasteiger partial charge >= 0.3 is 5.97 Å². The van der Waals surface area contributed by atoms with E-state index >= 15 is 0 Å². The molecule has 0 amide bonds. The van der Waals surface area contributed by atoms with Crippen LogP contribution in [0.1, 0.15) is 27.7 Å². The van der Waals surface area contributed by atoms with Crippen molar-refractivity contribution < 1.29 is 9.53 Å². The van der Waals surface area contributed by atoms with Crippen LogP contribution in [0.3, 0.4) is 0 Å². The monoisotopic (exact) mass is 185 g/mol. The van der Waals surface area contributed by atoms with Crippen LogP contribution in [-0.2, 0) is 9.53 Å². The van der Waals surface area contributed by atoms with Crippen LogP contribution >= 0.6 is 0 Å². The zero-order chi connectivity index (χ0) is 10.0. The van der Waals surface area contributed by atoms with Gasteiger partial charge in [0.25, 0.3) is 0 Å². The number of hydrogen-bond donors (Lipinski definition) is 0. The smallest absolute Gasteiger partial charge is 0.320 e. The molecule has 0 aromatic rings. The van der Waals surface area contributed by atoms with Gasteiger partial charge < -0.3 is 4.74 Å². The Bertz CT molecular complexity index is 191. The molecule has 1 unspecified atom stereocenters. The van der Waals surface area contributed by atoms with E-state index in [-0.39, 0.29) is 5.97 Å². The Balaban J connectivity index is 2.28. The van der Waals surface area contributed by atoms with Gasteiger partial charge in [-0.3, -0.25) is 9.69 Å². The molecule has 0 spiro atoms. The molecule has 0 radical (unpaired) electrons. The molecule has 0 aliphatic carbocycles. The summed E-state index contributed by atoms with van der Waals surface area (Å²) in [5.41, 5.74) is 0. The molecular weight excluding hydrogens is 166 g/mol. The van der Waals surface area contributed by atoms with E-state index in [9.17, 15) is 4.79 Å². The van der Waals surface area contributed by atoms with Crippen LogP contribution in [0.4, 0.5) is 0 Å². The predicted molar refractivity (Wildman–Crippen MR) is 51.4 cm³/mol. The Morgan fingerprint density at radius 3 is 2.54 bits per heavy atom. The molecule has 0 bridgehead atoms. The lowest BCUT2D eigenvalue weighted by molar-refractivity contribution is -0.143. The number of hydrogen-bond acceptors (Lipinski definition) is 3. The van der Waals surface area contributed by atoms with Crippen LogP contribution < -0.4 is 0 Å². The first-order chi connectivity index (χ1) is 6.07. The van der Waals surface area contributed by atoms with Gasteiger partial charge in [0.15, 0.2) is 0 Å². The maximum atomic E-state index is 11.1. The highest BCUT2D eigenvalue weighted by molar-refractivity contribution is 5.72. The molecule has 76 valence electrons. The maximum absolute atomic E-state index is 11.1. The molecule has 3 atom stereocenters. The molecule has 0 N–H and O–H groups in total. The normalized spacial score (nSPS) is 31.9. The van der Waals surface area contributed by atoms with Gasteiger partial charge in [0.2, 0.25) is 0 Å². The molecule has 0 saturated carbocycles. The summed E-state index contributed by atoms with van der Waals surface area (Å²) in [5.74, 6) is 0.530. The molecule has 1 aliphatic rings. The van der Waals surface area contributed by atoms with E-state index in [1.807, 2.05) is 6.92 Å². The summed E-state index contributed by atoms with van der Waals surface area (Å²) in [6.45, 7) is 9.30. The van der Waals surface area contributed by atoms with Crippen molar-refractivity contribution in [3.63, 3.8) is 0 Å². The Labute approximate surface area is 80.1 Å². The summed E-state index contributed by atoms with van der Waals surface area (Å²) in [5, 5.41) is 0. The van der Waals surface area contributed by atoms with Gasteiger partial charge in [-0.05, 0) is 19.8 Å². The van der Waals surface area contributed by atoms with Crippen molar-refractivity contribution >= 4 is 5.97 Å². The summed E-state index contributed by atoms with van der Waals surface area (Å²) in [6, 6.07) is 1.12. The van der Waals surface area contributed by atoms with Crippen molar-refractivity contribution in [1.29, 1.82) is 0 Å². The van der Waals surface area contributed by atoms with E-state index in [4.69, 9.17) is 4.74 Å². The van der Waals surface area contributed by atoms with Gasteiger partial charge in [-0.25, -0.2) is 0 Å². The minimum atomic E-state index is -0.0995. The van der Waals surface area contributed by atoms with Gasteiger partial charge in [-0.2, -0.15) is 0 Å². The largest absolute Gasteiger partial charge is 0.465 e. The molecule has 1 fully saturated rings. The van der Waals surface area contributed by atoms with Crippen LogP contribution in [0, 0.1) is 5.92 Å². The van der Waals surface area contributed by atoms with E-state index in [1.54, 1.807) is 0 Å². The quantitative estimate of drug-likeness (QED) is 0.488. The third-order valence-corrected chi connectivity index (χ3v) is 2.61. The number of carbonyl (C=O) groups excluding carboxylic acids is 1. The van der Waals surface area contributed by atoms with E-state index in [0.29, 0.717) is 31.2 Å². The number of nitrogens with zero attached hydrogens (tertiary/aromatic N) is 1. The highest BCUT2D eigenvalue weighted by Crippen LogP contribution is 2.33. The summed E-state index contributed by atoms with van der Waals surface area (Å²) in [4.78, 5) is 13.3. The van der Waals surface area contributed by atoms with Gasteiger partial charge in [-0.1, -0.05) is 13.8 Å². The van der Waals surface area contributed by atoms with Crippen molar-refractivity contribution in [2.45, 2.75) is 39.8 Å². The van der Waals surface area contributed by atoms with Gasteiger partial charge in [0.05, 0.1) is 13.2 Å². The number of ether oxygens (including phenoxy) is 1. The molecular formula is C10H19NO2. The van der Waals surface area contributed by atoms with Crippen LogP contribution in [0.5, 0.6) is 0 Å².